The van der Waals surface area contributed by atoms with Gasteiger partial charge in [0.2, 0.25) is 23.5 Å². The number of para-hydroxylation sites is 2. The molecule has 13 heteroatoms. The van der Waals surface area contributed by atoms with Gasteiger partial charge >= 0.3 is 0 Å². The average molecular weight is 762 g/mol. The van der Waals surface area contributed by atoms with Crippen LogP contribution in [-0.4, -0.2) is 65.4 Å². The van der Waals surface area contributed by atoms with Crippen LogP contribution in [0.3, 0.4) is 0 Å². The molecule has 12 nitrogen and oxygen atoms in total. The van der Waals surface area contributed by atoms with Crippen LogP contribution in [-0.2, 0) is 36.8 Å². The van der Waals surface area contributed by atoms with Gasteiger partial charge in [-0.3, -0.25) is 33.7 Å². The van der Waals surface area contributed by atoms with E-state index in [0.717, 1.165) is 16.7 Å². The molecule has 5 aromatic rings. The molecule has 2 N–H and O–H groups in total. The van der Waals surface area contributed by atoms with Crippen molar-refractivity contribution in [3.05, 3.63) is 125 Å². The smallest absolute Gasteiger partial charge is 0.266 e. The third kappa shape index (κ3) is 9.51. The molecular formula is C42H40ClN5O7. The normalized spacial score (nSPS) is 14.5. The number of aryl methyl sites for hydroxylation is 3. The summed E-state index contributed by atoms with van der Waals surface area (Å²) >= 11 is 6.31. The molecule has 0 unspecified atom stereocenters. The molecule has 1 aliphatic rings. The highest BCUT2D eigenvalue weighted by molar-refractivity contribution is 6.34. The highest BCUT2D eigenvalue weighted by Gasteiger charge is 2.38. The van der Waals surface area contributed by atoms with Gasteiger partial charge in [-0.25, -0.2) is 4.98 Å². The van der Waals surface area contributed by atoms with Crippen LogP contribution in [0, 0.1) is 6.92 Å². The van der Waals surface area contributed by atoms with Crippen molar-refractivity contribution < 1.29 is 33.2 Å². The van der Waals surface area contributed by atoms with E-state index < -0.39 is 42.1 Å². The molecule has 0 radical (unpaired) electrons. The number of fused-ring (bicyclic) bond motifs is 2. The Balaban J connectivity index is 1.27. The second-order valence-electron chi connectivity index (χ2n) is 13.5. The summed E-state index contributed by atoms with van der Waals surface area (Å²) in [6, 6.07) is 26.4. The van der Waals surface area contributed by atoms with Crippen LogP contribution < -0.4 is 20.4 Å². The first-order chi connectivity index (χ1) is 26.5. The third-order valence-corrected chi connectivity index (χ3v) is 9.51. The van der Waals surface area contributed by atoms with Crippen LogP contribution in [0.5, 0.6) is 0 Å². The summed E-state index contributed by atoms with van der Waals surface area (Å²) in [5, 5.41) is 5.67. The maximum atomic E-state index is 14.4. The number of amides is 4. The highest BCUT2D eigenvalue weighted by atomic mass is 35.5. The molecule has 0 saturated carbocycles. The van der Waals surface area contributed by atoms with Crippen molar-refractivity contribution in [1.82, 2.24) is 15.6 Å². The Morgan fingerprint density at radius 3 is 2.13 bits per heavy atom. The van der Waals surface area contributed by atoms with Gasteiger partial charge in [-0.1, -0.05) is 84.4 Å². The van der Waals surface area contributed by atoms with Crippen LogP contribution in [0.4, 0.5) is 11.4 Å². The Bertz CT molecular complexity index is 2240. The van der Waals surface area contributed by atoms with Gasteiger partial charge in [0.15, 0.2) is 5.58 Å². The highest BCUT2D eigenvalue weighted by Crippen LogP contribution is 2.34. The van der Waals surface area contributed by atoms with E-state index in [4.69, 9.17) is 16.0 Å². The minimum Gasteiger partial charge on any atom is -0.432 e. The van der Waals surface area contributed by atoms with Crippen LogP contribution in [0.25, 0.3) is 11.1 Å². The summed E-state index contributed by atoms with van der Waals surface area (Å²) < 4.78 is 5.67. The van der Waals surface area contributed by atoms with Crippen molar-refractivity contribution >= 4 is 69.3 Å². The number of benzene rings is 4. The fraction of sp³-hybridized carbons (Fsp3) is 0.262. The lowest BCUT2D eigenvalue weighted by atomic mass is 10.1. The number of carbonyl (C=O) groups excluding carboxylic acids is 6. The van der Waals surface area contributed by atoms with Crippen molar-refractivity contribution in [1.29, 1.82) is 0 Å². The van der Waals surface area contributed by atoms with Crippen molar-refractivity contribution in [3.8, 4) is 0 Å². The summed E-state index contributed by atoms with van der Waals surface area (Å²) in [7, 11) is 0. The summed E-state index contributed by atoms with van der Waals surface area (Å²) in [6.45, 7) is 2.31. The number of carbonyl (C=O) groups is 6. The summed E-state index contributed by atoms with van der Waals surface area (Å²) in [6.07, 6.45) is 0.710. The first-order valence-corrected chi connectivity index (χ1v) is 18.3. The number of ketones is 2. The molecule has 1 aliphatic heterocycles. The van der Waals surface area contributed by atoms with E-state index in [1.165, 1.54) is 16.7 Å². The van der Waals surface area contributed by atoms with Crippen LogP contribution in [0.2, 0.25) is 5.02 Å². The molecule has 6 rings (SSSR count). The molecule has 0 spiro atoms. The van der Waals surface area contributed by atoms with Gasteiger partial charge in [-0.15, -0.1) is 0 Å². The second-order valence-corrected chi connectivity index (χ2v) is 13.9. The van der Waals surface area contributed by atoms with Crippen LogP contribution in [0.15, 0.2) is 101 Å². The molecule has 1 aromatic heterocycles. The maximum absolute atomic E-state index is 14.4. The molecule has 4 amide bonds. The largest absolute Gasteiger partial charge is 0.432 e. The Labute approximate surface area is 322 Å². The molecule has 55 heavy (non-hydrogen) atoms. The molecule has 0 saturated heterocycles. The average Bonchev–Trinajstić information content (AvgIpc) is 3.57. The van der Waals surface area contributed by atoms with Crippen molar-refractivity contribution in [2.45, 2.75) is 58.0 Å². The number of rotatable bonds is 14. The number of anilines is 2. The molecule has 0 bridgehead atoms. The molecule has 0 aliphatic carbocycles. The zero-order valence-corrected chi connectivity index (χ0v) is 31.2. The molecular weight excluding hydrogens is 722 g/mol. The number of hydrogen-bond donors (Lipinski definition) is 2. The van der Waals surface area contributed by atoms with Gasteiger partial charge in [0, 0.05) is 19.3 Å². The predicted octanol–water partition coefficient (Wildman–Crippen LogP) is 5.57. The van der Waals surface area contributed by atoms with Gasteiger partial charge < -0.3 is 20.0 Å². The van der Waals surface area contributed by atoms with Gasteiger partial charge in [0.1, 0.15) is 29.9 Å². The van der Waals surface area contributed by atoms with Crippen molar-refractivity contribution in [3.63, 3.8) is 0 Å². The summed E-state index contributed by atoms with van der Waals surface area (Å²) in [5.41, 5.74) is 3.86. The van der Waals surface area contributed by atoms with Gasteiger partial charge in [-0.05, 0) is 67.6 Å². The van der Waals surface area contributed by atoms with E-state index in [9.17, 15) is 28.8 Å². The minimum atomic E-state index is -1.38. The summed E-state index contributed by atoms with van der Waals surface area (Å²) in [5.74, 6) is -3.57. The quantitative estimate of drug-likeness (QED) is 0.139. The standard InChI is InChI=1S/C42H40ClN5O7/c1-26-21-30(43)40-32(22-26)46-41(55-40)39(53)31(23-27(2)49)44-37(51)25-48-35-16-10-9-15-34(35)47(38(52)20-18-29-13-7-4-8-14-29)24-33(42(48)54)45-36(50)19-17-28-11-5-3-6-12-28/h3-16,21-22,31,33H,17-20,23-25H2,1-2H3,(H,44,51)(H,45,50)/t31-,33-/m0/s1. The van der Waals surface area contributed by atoms with E-state index >= 15 is 0 Å². The lowest BCUT2D eigenvalue weighted by molar-refractivity contribution is -0.128. The number of nitrogens with one attached hydrogen (secondary N) is 2. The fourth-order valence-corrected chi connectivity index (χ4v) is 6.86. The first-order valence-electron chi connectivity index (χ1n) is 17.9. The van der Waals surface area contributed by atoms with Crippen molar-refractivity contribution in [2.24, 2.45) is 0 Å². The van der Waals surface area contributed by atoms with Crippen molar-refractivity contribution in [2.75, 3.05) is 22.9 Å². The summed E-state index contributed by atoms with van der Waals surface area (Å²) in [4.78, 5) is 88.4. The lowest BCUT2D eigenvalue weighted by Crippen LogP contribution is -2.55. The first kappa shape index (κ1) is 38.6. The minimum absolute atomic E-state index is 0.0820. The molecule has 2 atom stereocenters. The van der Waals surface area contributed by atoms with Crippen LogP contribution >= 0.6 is 11.6 Å². The third-order valence-electron chi connectivity index (χ3n) is 9.23. The number of aromatic nitrogens is 1. The van der Waals surface area contributed by atoms with Gasteiger partial charge in [0.25, 0.3) is 11.8 Å². The molecule has 4 aromatic carbocycles. The van der Waals surface area contributed by atoms with E-state index in [1.54, 1.807) is 36.4 Å². The number of nitrogens with zero attached hydrogens (tertiary/aromatic N) is 3. The lowest BCUT2D eigenvalue weighted by Gasteiger charge is -2.26. The SMILES string of the molecule is CC(=O)C[C@H](NC(=O)CN1C(=O)[C@@H](NC(=O)CCc2ccccc2)CN(C(=O)CCc2ccccc2)c2ccccc21)C(=O)c1nc2cc(C)cc(Cl)c2o1. The number of hydrogen-bond acceptors (Lipinski definition) is 8. The number of Topliss-reactive ketones (excluding diaryl/α,β-unsaturated/α-hetero) is 2. The van der Waals surface area contributed by atoms with Gasteiger partial charge in [0.05, 0.1) is 22.9 Å². The zero-order valence-electron chi connectivity index (χ0n) is 30.4. The Morgan fingerprint density at radius 2 is 1.47 bits per heavy atom. The van der Waals surface area contributed by atoms with E-state index in [0.29, 0.717) is 24.0 Å². The van der Waals surface area contributed by atoms with E-state index in [-0.39, 0.29) is 59.7 Å². The topological polar surface area (TPSA) is 159 Å². The molecule has 0 fully saturated rings. The van der Waals surface area contributed by atoms with E-state index in [1.807, 2.05) is 67.6 Å². The van der Waals surface area contributed by atoms with E-state index in [2.05, 4.69) is 15.6 Å². The van der Waals surface area contributed by atoms with Crippen LogP contribution in [0.1, 0.15) is 53.6 Å². The number of halogens is 1. The Hall–Kier alpha value is -6.14. The maximum Gasteiger partial charge on any atom is 0.266 e. The second kappa shape index (κ2) is 17.3. The Kier molecular flexibility index (Phi) is 12.2. The fourth-order valence-electron chi connectivity index (χ4n) is 6.55. The zero-order chi connectivity index (χ0) is 39.1. The monoisotopic (exact) mass is 761 g/mol. The predicted molar refractivity (Wildman–Crippen MR) is 208 cm³/mol. The van der Waals surface area contributed by atoms with Gasteiger partial charge in [-0.2, -0.15) is 0 Å². The Morgan fingerprint density at radius 1 is 0.855 bits per heavy atom. The molecule has 2 heterocycles. The molecule has 282 valence electrons. The number of oxazole rings is 1.